The largest absolute Gasteiger partial charge is 0.480 e. The number of aliphatic carboxylic acids is 1. The summed E-state index contributed by atoms with van der Waals surface area (Å²) in [5.41, 5.74) is 9.93. The minimum Gasteiger partial charge on any atom is -0.480 e. The van der Waals surface area contributed by atoms with E-state index in [0.29, 0.717) is 16.8 Å². The molecule has 9 heteroatoms. The second-order valence-electron chi connectivity index (χ2n) is 11.1. The van der Waals surface area contributed by atoms with Crippen molar-refractivity contribution in [3.63, 3.8) is 0 Å². The number of nitrogens with one attached hydrogen (secondary N) is 1. The Morgan fingerprint density at radius 1 is 1.10 bits per heavy atom. The van der Waals surface area contributed by atoms with Gasteiger partial charge in [0.05, 0.1) is 24.9 Å². The van der Waals surface area contributed by atoms with E-state index in [4.69, 9.17) is 15.2 Å². The molecule has 1 heterocycles. The van der Waals surface area contributed by atoms with Crippen molar-refractivity contribution in [1.82, 2.24) is 9.88 Å². The van der Waals surface area contributed by atoms with Crippen LogP contribution >= 0.6 is 0 Å². The highest BCUT2D eigenvalue weighted by molar-refractivity contribution is 6.00. The van der Waals surface area contributed by atoms with Crippen LogP contribution in [0.1, 0.15) is 74.7 Å². The Morgan fingerprint density at radius 2 is 1.79 bits per heavy atom. The Bertz CT molecular complexity index is 1380. The van der Waals surface area contributed by atoms with E-state index in [2.05, 4.69) is 5.32 Å². The molecule has 4 rings (SSSR count). The molecule has 1 atom stereocenters. The van der Waals surface area contributed by atoms with Crippen LogP contribution in [0.15, 0.2) is 42.5 Å². The summed E-state index contributed by atoms with van der Waals surface area (Å²) < 4.78 is 12.2. The predicted molar refractivity (Wildman–Crippen MR) is 150 cm³/mol. The Morgan fingerprint density at radius 3 is 2.41 bits per heavy atom. The number of nitrogens with two attached hydrogens (primary N) is 1. The van der Waals surface area contributed by atoms with E-state index in [-0.39, 0.29) is 12.5 Å². The molecule has 1 saturated carbocycles. The molecule has 1 aromatic heterocycles. The fraction of sp³-hybridized carbons (Fsp3) is 0.433. The summed E-state index contributed by atoms with van der Waals surface area (Å²) in [5, 5.41) is 13.6. The van der Waals surface area contributed by atoms with Crippen LogP contribution in [0, 0.1) is 0 Å². The van der Waals surface area contributed by atoms with Crippen LogP contribution < -0.4 is 11.1 Å². The van der Waals surface area contributed by atoms with E-state index in [1.54, 1.807) is 32.9 Å². The topological polar surface area (TPSA) is 133 Å². The Balaban J connectivity index is 1.95. The van der Waals surface area contributed by atoms with Gasteiger partial charge >= 0.3 is 18.0 Å². The number of alkyl carbamates (subject to hydrolysis) is 1. The summed E-state index contributed by atoms with van der Waals surface area (Å²) in [6.07, 6.45) is 4.53. The zero-order valence-electron chi connectivity index (χ0n) is 23.0. The van der Waals surface area contributed by atoms with Crippen LogP contribution in [-0.4, -0.2) is 46.5 Å². The number of methoxy groups -OCH3 is 1. The molecule has 0 bridgehead atoms. The Hall–Kier alpha value is -4.01. The van der Waals surface area contributed by atoms with Gasteiger partial charge in [0.2, 0.25) is 0 Å². The second kappa shape index (κ2) is 11.4. The maximum atomic E-state index is 12.6. The van der Waals surface area contributed by atoms with Crippen LogP contribution in [0.2, 0.25) is 0 Å². The van der Waals surface area contributed by atoms with Gasteiger partial charge in [-0.15, -0.1) is 0 Å². The molecular weight excluding hydrogens is 498 g/mol. The molecule has 0 aliphatic heterocycles. The molecule has 0 spiro atoms. The van der Waals surface area contributed by atoms with Gasteiger partial charge < -0.3 is 30.2 Å². The lowest BCUT2D eigenvalue weighted by Gasteiger charge is -2.25. The van der Waals surface area contributed by atoms with Crippen molar-refractivity contribution in [2.75, 3.05) is 12.8 Å². The molecule has 1 aliphatic carbocycles. The third-order valence-electron chi connectivity index (χ3n) is 7.11. The van der Waals surface area contributed by atoms with E-state index in [1.807, 2.05) is 34.9 Å². The summed E-state index contributed by atoms with van der Waals surface area (Å²) in [6, 6.07) is 11.5. The van der Waals surface area contributed by atoms with Gasteiger partial charge in [-0.1, -0.05) is 43.5 Å². The number of fused-ring (bicyclic) bond motifs is 1. The Labute approximate surface area is 228 Å². The maximum absolute atomic E-state index is 12.6. The van der Waals surface area contributed by atoms with E-state index < -0.39 is 29.7 Å². The standard InChI is InChI=1S/C30H37N3O6/c1-30(2,3)39-29(37)32-23(27(34)35)17-33-24-16-19(28(36)38-4)14-15-21(24)25(18-10-6-5-7-11-18)26(33)20-12-8-9-13-22(20)31/h8-9,12-16,18,23H,5-7,10-11,17,31H2,1-4H3,(H,32,37)(H,34,35). The van der Waals surface area contributed by atoms with Crippen molar-refractivity contribution < 1.29 is 29.0 Å². The van der Waals surface area contributed by atoms with Gasteiger partial charge in [0, 0.05) is 22.2 Å². The molecule has 4 N–H and O–H groups in total. The zero-order chi connectivity index (χ0) is 28.3. The third kappa shape index (κ3) is 6.19. The van der Waals surface area contributed by atoms with E-state index in [0.717, 1.165) is 47.9 Å². The van der Waals surface area contributed by atoms with Crippen LogP contribution in [0.5, 0.6) is 0 Å². The van der Waals surface area contributed by atoms with Crippen LogP contribution in [0.3, 0.4) is 0 Å². The summed E-state index contributed by atoms with van der Waals surface area (Å²) in [6.45, 7) is 5.03. The molecule has 0 saturated heterocycles. The molecule has 1 unspecified atom stereocenters. The van der Waals surface area contributed by atoms with Crippen molar-refractivity contribution >= 4 is 34.6 Å². The monoisotopic (exact) mass is 535 g/mol. The number of amides is 1. The summed E-state index contributed by atoms with van der Waals surface area (Å²) in [5.74, 6) is -1.47. The number of aromatic nitrogens is 1. The lowest BCUT2D eigenvalue weighted by molar-refractivity contribution is -0.139. The number of ether oxygens (including phenoxy) is 2. The molecule has 39 heavy (non-hydrogen) atoms. The van der Waals surface area contributed by atoms with Crippen LogP contribution in [0.4, 0.5) is 10.5 Å². The SMILES string of the molecule is COC(=O)c1ccc2c(C3CCCCC3)c(-c3ccccc3N)n(CC(NC(=O)OC(C)(C)C)C(=O)O)c2c1. The van der Waals surface area contributed by atoms with Crippen molar-refractivity contribution in [1.29, 1.82) is 0 Å². The number of nitrogens with zero attached hydrogens (tertiary/aromatic N) is 1. The lowest BCUT2D eigenvalue weighted by atomic mass is 9.81. The van der Waals surface area contributed by atoms with Crippen molar-refractivity contribution in [3.8, 4) is 11.3 Å². The second-order valence-corrected chi connectivity index (χ2v) is 11.1. The lowest BCUT2D eigenvalue weighted by Crippen LogP contribution is -2.45. The first-order chi connectivity index (χ1) is 18.5. The molecule has 2 aromatic carbocycles. The molecule has 208 valence electrons. The van der Waals surface area contributed by atoms with Crippen LogP contribution in [-0.2, 0) is 20.8 Å². The number of hydrogen-bond donors (Lipinski definition) is 3. The Kier molecular flexibility index (Phi) is 8.18. The summed E-state index contributed by atoms with van der Waals surface area (Å²) in [7, 11) is 1.32. The summed E-state index contributed by atoms with van der Waals surface area (Å²) >= 11 is 0. The van der Waals surface area contributed by atoms with Gasteiger partial charge in [-0.3, -0.25) is 0 Å². The van der Waals surface area contributed by atoms with Crippen molar-refractivity contribution in [2.45, 2.75) is 77.0 Å². The number of esters is 1. The highest BCUT2D eigenvalue weighted by atomic mass is 16.6. The minimum atomic E-state index is -1.31. The van der Waals surface area contributed by atoms with Gasteiger partial charge in [-0.2, -0.15) is 0 Å². The van der Waals surface area contributed by atoms with Crippen molar-refractivity contribution in [2.24, 2.45) is 0 Å². The number of nitrogen functional groups attached to an aromatic ring is 1. The first-order valence-electron chi connectivity index (χ1n) is 13.3. The van der Waals surface area contributed by atoms with Gasteiger partial charge in [0.25, 0.3) is 0 Å². The quantitative estimate of drug-likeness (QED) is 0.261. The van der Waals surface area contributed by atoms with Gasteiger partial charge in [0.1, 0.15) is 11.6 Å². The highest BCUT2D eigenvalue weighted by Crippen LogP contribution is 2.45. The molecule has 0 radical (unpaired) electrons. The molecule has 1 amide bonds. The smallest absolute Gasteiger partial charge is 0.408 e. The first-order valence-corrected chi connectivity index (χ1v) is 13.3. The van der Waals surface area contributed by atoms with E-state index >= 15 is 0 Å². The summed E-state index contributed by atoms with van der Waals surface area (Å²) in [4.78, 5) is 37.5. The first kappa shape index (κ1) is 28.0. The number of carboxylic acid groups (broad SMARTS) is 1. The number of anilines is 1. The normalized spacial score (nSPS) is 15.1. The van der Waals surface area contributed by atoms with Gasteiger partial charge in [0.15, 0.2) is 0 Å². The third-order valence-corrected chi connectivity index (χ3v) is 7.11. The maximum Gasteiger partial charge on any atom is 0.408 e. The average molecular weight is 536 g/mol. The number of carbonyl (C=O) groups is 3. The number of carboxylic acids is 1. The molecule has 3 aromatic rings. The number of hydrogen-bond acceptors (Lipinski definition) is 6. The van der Waals surface area contributed by atoms with Crippen molar-refractivity contribution in [3.05, 3.63) is 53.6 Å². The minimum absolute atomic E-state index is 0.105. The number of benzene rings is 2. The number of para-hydroxylation sites is 1. The fourth-order valence-electron chi connectivity index (χ4n) is 5.44. The van der Waals surface area contributed by atoms with E-state index in [1.165, 1.54) is 13.5 Å². The predicted octanol–water partition coefficient (Wildman–Crippen LogP) is 5.70. The van der Waals surface area contributed by atoms with Crippen LogP contribution in [0.25, 0.3) is 22.2 Å². The molecule has 9 nitrogen and oxygen atoms in total. The number of rotatable bonds is 7. The zero-order valence-corrected chi connectivity index (χ0v) is 23.0. The fourth-order valence-corrected chi connectivity index (χ4v) is 5.44. The molecule has 1 aliphatic rings. The average Bonchev–Trinajstić information content (AvgIpc) is 3.20. The van der Waals surface area contributed by atoms with Gasteiger partial charge in [-0.05, 0) is 63.3 Å². The molecule has 1 fully saturated rings. The number of carbonyl (C=O) groups excluding carboxylic acids is 2. The van der Waals surface area contributed by atoms with E-state index in [9.17, 15) is 19.5 Å². The highest BCUT2D eigenvalue weighted by Gasteiger charge is 2.31. The molecular formula is C30H37N3O6. The van der Waals surface area contributed by atoms with Gasteiger partial charge in [-0.25, -0.2) is 14.4 Å².